The molecule has 0 fully saturated rings. The normalized spacial score (nSPS) is 14.3. The number of nitrogens with two attached hydrogens (primary N) is 1. The molecule has 3 heteroatoms. The zero-order chi connectivity index (χ0) is 12.3. The molecule has 0 aliphatic rings. The van der Waals surface area contributed by atoms with Crippen molar-refractivity contribution in [3.05, 3.63) is 70.7 Å². The summed E-state index contributed by atoms with van der Waals surface area (Å²) < 4.78 is 14.9. The van der Waals surface area contributed by atoms with Crippen molar-refractivity contribution < 1.29 is 4.39 Å². The van der Waals surface area contributed by atoms with Gasteiger partial charge in [0.2, 0.25) is 0 Å². The molecule has 1 nitrogen and oxygen atoms in total. The Bertz CT molecular complexity index is 483. The smallest absolute Gasteiger partial charge is 0.173 e. The minimum Gasteiger partial charge on any atom is -0.327 e. The van der Waals surface area contributed by atoms with Crippen molar-refractivity contribution in [3.8, 4) is 0 Å². The van der Waals surface area contributed by atoms with Crippen LogP contribution in [0.15, 0.2) is 54.6 Å². The molecule has 0 aliphatic heterocycles. The van der Waals surface area contributed by atoms with Gasteiger partial charge in [-0.3, -0.25) is 0 Å². The second-order valence-electron chi connectivity index (χ2n) is 3.88. The zero-order valence-corrected chi connectivity index (χ0v) is 9.99. The molecule has 2 aromatic rings. The molecule has 2 aromatic carbocycles. The summed E-state index contributed by atoms with van der Waals surface area (Å²) in [6, 6.07) is 15.6. The SMILES string of the molecule is NCC(F)(c1ccccc1)c1ccc(Cl)cc1. The summed E-state index contributed by atoms with van der Waals surface area (Å²) in [5.41, 5.74) is 5.02. The van der Waals surface area contributed by atoms with Gasteiger partial charge in [-0.05, 0) is 23.3 Å². The van der Waals surface area contributed by atoms with Crippen molar-refractivity contribution in [3.63, 3.8) is 0 Å². The Kier molecular flexibility index (Phi) is 3.46. The van der Waals surface area contributed by atoms with Gasteiger partial charge in [-0.25, -0.2) is 4.39 Å². The molecule has 0 spiro atoms. The molecule has 0 saturated heterocycles. The molecule has 17 heavy (non-hydrogen) atoms. The first-order valence-electron chi connectivity index (χ1n) is 5.37. The van der Waals surface area contributed by atoms with Crippen molar-refractivity contribution in [1.29, 1.82) is 0 Å². The molecule has 88 valence electrons. The van der Waals surface area contributed by atoms with E-state index in [4.69, 9.17) is 17.3 Å². The molecular weight excluding hydrogens is 237 g/mol. The Morgan fingerprint density at radius 2 is 1.47 bits per heavy atom. The molecule has 2 rings (SSSR count). The highest BCUT2D eigenvalue weighted by molar-refractivity contribution is 6.30. The van der Waals surface area contributed by atoms with Gasteiger partial charge >= 0.3 is 0 Å². The predicted octanol–water partition coefficient (Wildman–Crippen LogP) is 3.51. The fourth-order valence-electron chi connectivity index (χ4n) is 1.82. The van der Waals surface area contributed by atoms with E-state index in [0.717, 1.165) is 0 Å². The van der Waals surface area contributed by atoms with Crippen LogP contribution in [0, 0.1) is 0 Å². The van der Waals surface area contributed by atoms with E-state index in [0.29, 0.717) is 16.1 Å². The van der Waals surface area contributed by atoms with E-state index < -0.39 is 5.67 Å². The quantitative estimate of drug-likeness (QED) is 0.885. The third-order valence-electron chi connectivity index (χ3n) is 2.81. The third-order valence-corrected chi connectivity index (χ3v) is 3.07. The topological polar surface area (TPSA) is 26.0 Å². The summed E-state index contributed by atoms with van der Waals surface area (Å²) in [7, 11) is 0. The summed E-state index contributed by atoms with van der Waals surface area (Å²) in [6.45, 7) is -0.0986. The van der Waals surface area contributed by atoms with Gasteiger partial charge in [-0.15, -0.1) is 0 Å². The first-order valence-corrected chi connectivity index (χ1v) is 5.75. The van der Waals surface area contributed by atoms with Gasteiger partial charge in [0.1, 0.15) is 0 Å². The number of alkyl halides is 1. The molecule has 2 N–H and O–H groups in total. The van der Waals surface area contributed by atoms with Gasteiger partial charge in [-0.1, -0.05) is 54.1 Å². The van der Waals surface area contributed by atoms with Gasteiger partial charge in [0.15, 0.2) is 5.67 Å². The fraction of sp³-hybridized carbons (Fsp3) is 0.143. The lowest BCUT2D eigenvalue weighted by Crippen LogP contribution is -2.31. The minimum absolute atomic E-state index is 0.0986. The zero-order valence-electron chi connectivity index (χ0n) is 9.24. The van der Waals surface area contributed by atoms with E-state index in [1.54, 1.807) is 48.5 Å². The molecule has 0 amide bonds. The second-order valence-corrected chi connectivity index (χ2v) is 4.31. The molecule has 1 atom stereocenters. The molecule has 0 bridgehead atoms. The van der Waals surface area contributed by atoms with Gasteiger partial charge < -0.3 is 5.73 Å². The predicted molar refractivity (Wildman–Crippen MR) is 68.8 cm³/mol. The maximum Gasteiger partial charge on any atom is 0.173 e. The second kappa shape index (κ2) is 4.86. The van der Waals surface area contributed by atoms with E-state index in [1.807, 2.05) is 6.07 Å². The Morgan fingerprint density at radius 1 is 0.941 bits per heavy atom. The number of hydrogen-bond donors (Lipinski definition) is 1. The summed E-state index contributed by atoms with van der Waals surface area (Å²) in [4.78, 5) is 0. The van der Waals surface area contributed by atoms with Crippen molar-refractivity contribution in [2.45, 2.75) is 5.67 Å². The minimum atomic E-state index is -1.66. The average molecular weight is 250 g/mol. The van der Waals surface area contributed by atoms with Crippen LogP contribution in [0.3, 0.4) is 0 Å². The maximum absolute atomic E-state index is 14.9. The van der Waals surface area contributed by atoms with Crippen LogP contribution in [0.2, 0.25) is 5.02 Å². The van der Waals surface area contributed by atoms with Gasteiger partial charge in [0, 0.05) is 11.6 Å². The van der Waals surface area contributed by atoms with Crippen LogP contribution in [-0.4, -0.2) is 6.54 Å². The van der Waals surface area contributed by atoms with Gasteiger partial charge in [-0.2, -0.15) is 0 Å². The third kappa shape index (κ3) is 2.33. The molecule has 0 heterocycles. The lowest BCUT2D eigenvalue weighted by molar-refractivity contribution is 0.232. The van der Waals surface area contributed by atoms with Crippen LogP contribution in [0.25, 0.3) is 0 Å². The summed E-state index contributed by atoms with van der Waals surface area (Å²) in [6.07, 6.45) is 0. The van der Waals surface area contributed by atoms with Crippen LogP contribution in [0.1, 0.15) is 11.1 Å². The van der Waals surface area contributed by atoms with Crippen LogP contribution in [0.5, 0.6) is 0 Å². The number of benzene rings is 2. The number of rotatable bonds is 3. The van der Waals surface area contributed by atoms with E-state index in [2.05, 4.69) is 0 Å². The Labute approximate surface area is 105 Å². The molecule has 0 radical (unpaired) electrons. The maximum atomic E-state index is 14.9. The van der Waals surface area contributed by atoms with Crippen molar-refractivity contribution >= 4 is 11.6 Å². The first kappa shape index (κ1) is 12.1. The van der Waals surface area contributed by atoms with Crippen LogP contribution >= 0.6 is 11.6 Å². The largest absolute Gasteiger partial charge is 0.327 e. The monoisotopic (exact) mass is 249 g/mol. The summed E-state index contributed by atoms with van der Waals surface area (Å²) >= 11 is 5.80. The Hall–Kier alpha value is -1.38. The van der Waals surface area contributed by atoms with E-state index in [9.17, 15) is 4.39 Å². The van der Waals surface area contributed by atoms with E-state index in [1.165, 1.54) is 0 Å². The molecule has 0 aliphatic carbocycles. The molecule has 1 unspecified atom stereocenters. The summed E-state index contributed by atoms with van der Waals surface area (Å²) in [5, 5.41) is 0.584. The van der Waals surface area contributed by atoms with Crippen molar-refractivity contribution in [2.75, 3.05) is 6.54 Å². The van der Waals surface area contributed by atoms with Gasteiger partial charge in [0.25, 0.3) is 0 Å². The van der Waals surface area contributed by atoms with E-state index >= 15 is 0 Å². The van der Waals surface area contributed by atoms with E-state index in [-0.39, 0.29) is 6.54 Å². The number of hydrogen-bond acceptors (Lipinski definition) is 1. The van der Waals surface area contributed by atoms with Crippen LogP contribution in [-0.2, 0) is 5.67 Å². The standard InChI is InChI=1S/C14H13ClFN/c15-13-8-6-12(7-9-13)14(16,10-17)11-4-2-1-3-5-11/h1-9H,10,17H2. The summed E-state index contributed by atoms with van der Waals surface area (Å²) in [5.74, 6) is 0. The lowest BCUT2D eigenvalue weighted by Gasteiger charge is -2.24. The highest BCUT2D eigenvalue weighted by Crippen LogP contribution is 2.33. The van der Waals surface area contributed by atoms with Crippen molar-refractivity contribution in [1.82, 2.24) is 0 Å². The fourth-order valence-corrected chi connectivity index (χ4v) is 1.94. The molecular formula is C14H13ClFN. The Balaban J connectivity index is 2.48. The highest BCUT2D eigenvalue weighted by atomic mass is 35.5. The first-order chi connectivity index (χ1) is 8.16. The molecule has 0 saturated carbocycles. The lowest BCUT2D eigenvalue weighted by atomic mass is 9.88. The molecule has 0 aromatic heterocycles. The highest BCUT2D eigenvalue weighted by Gasteiger charge is 2.32. The van der Waals surface area contributed by atoms with Crippen molar-refractivity contribution in [2.24, 2.45) is 5.73 Å². The average Bonchev–Trinajstić information content (AvgIpc) is 2.40. The van der Waals surface area contributed by atoms with Crippen LogP contribution in [0.4, 0.5) is 4.39 Å². The van der Waals surface area contributed by atoms with Crippen LogP contribution < -0.4 is 5.73 Å². The number of halogens is 2. The van der Waals surface area contributed by atoms with Gasteiger partial charge in [0.05, 0.1) is 0 Å². The Morgan fingerprint density at radius 3 is 2.00 bits per heavy atom.